The van der Waals surface area contributed by atoms with E-state index in [0.717, 1.165) is 0 Å². The van der Waals surface area contributed by atoms with Crippen LogP contribution in [-0.4, -0.2) is 57.6 Å². The van der Waals surface area contributed by atoms with Crippen LogP contribution in [0.15, 0.2) is 0 Å². The summed E-state index contributed by atoms with van der Waals surface area (Å²) in [6.45, 7) is 9.78. The third-order valence-electron chi connectivity index (χ3n) is 5.39. The Bertz CT molecular complexity index is 491. The molecule has 23 heavy (non-hydrogen) atoms. The Hall–Kier alpha value is -0.713. The third-order valence-corrected chi connectivity index (χ3v) is 9.51. The van der Waals surface area contributed by atoms with Crippen molar-refractivity contribution in [3.05, 3.63) is 0 Å². The van der Waals surface area contributed by atoms with Gasteiger partial charge in [0.05, 0.1) is 0 Å². The fourth-order valence-corrected chi connectivity index (χ4v) is 3.60. The molecule has 4 heterocycles. The van der Waals surface area contributed by atoms with Gasteiger partial charge in [0.15, 0.2) is 18.3 Å². The van der Waals surface area contributed by atoms with Crippen LogP contribution in [0.25, 0.3) is 0 Å². The zero-order valence-corrected chi connectivity index (χ0v) is 14.8. The van der Waals surface area contributed by atoms with E-state index < -0.39 is 51.5 Å². The monoisotopic (exact) mass is 346 g/mol. The van der Waals surface area contributed by atoms with Gasteiger partial charge in [-0.3, -0.25) is 4.58 Å². The number of rotatable bonds is 3. The summed E-state index contributed by atoms with van der Waals surface area (Å²) in [4.78, 5) is 17.3. The van der Waals surface area contributed by atoms with E-state index in [9.17, 15) is 4.79 Å². The fourth-order valence-electron chi connectivity index (χ4n) is 3.00. The van der Waals surface area contributed by atoms with Gasteiger partial charge in [-0.2, -0.15) is 0 Å². The van der Waals surface area contributed by atoms with E-state index in [2.05, 4.69) is 33.9 Å². The zero-order chi connectivity index (χ0) is 16.6. The average molecular weight is 346 g/mol. The molecular weight excluding hydrogens is 324 g/mol. The quantitative estimate of drug-likeness (QED) is 0.330. The Labute approximate surface area is 135 Å². The lowest BCUT2D eigenvalue weighted by atomic mass is 9.82. The van der Waals surface area contributed by atoms with E-state index in [0.29, 0.717) is 0 Å². The molecule has 0 aromatic heterocycles. The second kappa shape index (κ2) is 4.90. The van der Waals surface area contributed by atoms with Crippen LogP contribution >= 0.6 is 0 Å². The largest absolute Gasteiger partial charge is 0.509 e. The summed E-state index contributed by atoms with van der Waals surface area (Å²) in [7, 11) is -2.11. The Kier molecular flexibility index (Phi) is 3.36. The lowest BCUT2D eigenvalue weighted by Crippen LogP contribution is -2.78. The molecule has 4 saturated heterocycles. The van der Waals surface area contributed by atoms with Crippen LogP contribution in [0.2, 0.25) is 18.1 Å². The van der Waals surface area contributed by atoms with E-state index in [-0.39, 0.29) is 11.1 Å². The molecule has 1 aliphatic carbocycles. The minimum atomic E-state index is -2.11. The van der Waals surface area contributed by atoms with E-state index in [1.807, 2.05) is 0 Å². The molecule has 5 aliphatic rings. The first-order chi connectivity index (χ1) is 10.7. The molecule has 9 heteroatoms. The van der Waals surface area contributed by atoms with Gasteiger partial charge in [-0.25, -0.2) is 9.68 Å². The highest BCUT2D eigenvalue weighted by atomic mass is 28.4. The summed E-state index contributed by atoms with van der Waals surface area (Å²) in [5, 5.41) is 0.00256. The molecule has 0 aromatic rings. The molecule has 0 radical (unpaired) electrons. The van der Waals surface area contributed by atoms with Crippen LogP contribution in [0.3, 0.4) is 0 Å². The molecule has 0 N–H and O–H groups in total. The van der Waals surface area contributed by atoms with Crippen LogP contribution in [0.4, 0.5) is 4.79 Å². The smallest absolute Gasteiger partial charge is 0.425 e. The second-order valence-corrected chi connectivity index (χ2v) is 12.6. The van der Waals surface area contributed by atoms with Crippen molar-refractivity contribution in [2.45, 2.75) is 82.0 Å². The molecule has 5 fully saturated rings. The molecule has 3 unspecified atom stereocenters. The van der Waals surface area contributed by atoms with E-state index >= 15 is 0 Å². The average Bonchev–Trinajstić information content (AvgIpc) is 2.44. The summed E-state index contributed by atoms with van der Waals surface area (Å²) in [6.07, 6.45) is -3.73. The molecule has 1 saturated carbocycles. The lowest BCUT2D eigenvalue weighted by Gasteiger charge is -2.59. The van der Waals surface area contributed by atoms with Gasteiger partial charge >= 0.3 is 6.16 Å². The molecule has 5 rings (SSSR count). The molecule has 7 atom stereocenters. The maximum absolute atomic E-state index is 11.5. The van der Waals surface area contributed by atoms with Crippen LogP contribution in [-0.2, 0) is 33.1 Å². The number of ether oxygens (including phenoxy) is 5. The minimum Gasteiger partial charge on any atom is -0.425 e. The highest BCUT2D eigenvalue weighted by molar-refractivity contribution is 6.73. The van der Waals surface area contributed by atoms with E-state index in [4.69, 9.17) is 33.1 Å². The van der Waals surface area contributed by atoms with Crippen LogP contribution in [0, 0.1) is 0 Å². The number of carbonyl (C=O) groups excluding carboxylic acids is 1. The van der Waals surface area contributed by atoms with Gasteiger partial charge in [-0.1, -0.05) is 20.8 Å². The van der Waals surface area contributed by atoms with Crippen molar-refractivity contribution in [1.82, 2.24) is 0 Å². The normalized spacial score (nSPS) is 44.9. The van der Waals surface area contributed by atoms with Gasteiger partial charge in [0.1, 0.15) is 18.3 Å². The van der Waals surface area contributed by atoms with Gasteiger partial charge in [-0.05, 0) is 18.1 Å². The molecule has 8 nitrogen and oxygen atoms in total. The van der Waals surface area contributed by atoms with Crippen molar-refractivity contribution in [3.8, 4) is 0 Å². The third kappa shape index (κ3) is 2.33. The highest BCUT2D eigenvalue weighted by Gasteiger charge is 2.68. The molecule has 6 bridgehead atoms. The molecule has 4 aliphatic heterocycles. The molecular formula is C14H22O8Si. The first kappa shape index (κ1) is 15.8. The second-order valence-electron chi connectivity index (χ2n) is 7.91. The van der Waals surface area contributed by atoms with Crippen molar-refractivity contribution < 1.29 is 37.9 Å². The van der Waals surface area contributed by atoms with Gasteiger partial charge in [0.2, 0.25) is 8.32 Å². The predicted octanol–water partition coefficient (Wildman–Crippen LogP) is 1.69. The lowest BCUT2D eigenvalue weighted by molar-refractivity contribution is -0.508. The van der Waals surface area contributed by atoms with Gasteiger partial charge < -0.3 is 23.7 Å². The first-order valence-corrected chi connectivity index (χ1v) is 10.8. The minimum absolute atomic E-state index is 0.00256. The van der Waals surface area contributed by atoms with Crippen LogP contribution in [0.1, 0.15) is 20.8 Å². The van der Waals surface area contributed by atoms with Crippen molar-refractivity contribution in [1.29, 1.82) is 0 Å². The number of carbonyl (C=O) groups is 1. The number of hydrogen-bond donors (Lipinski definition) is 0. The van der Waals surface area contributed by atoms with Crippen molar-refractivity contribution in [2.24, 2.45) is 0 Å². The molecule has 0 spiro atoms. The maximum Gasteiger partial charge on any atom is 0.509 e. The molecule has 0 aromatic carbocycles. The zero-order valence-electron chi connectivity index (χ0n) is 13.8. The summed E-state index contributed by atoms with van der Waals surface area (Å²) < 4.78 is 33.2. The molecule has 0 amide bonds. The first-order valence-electron chi connectivity index (χ1n) is 7.85. The van der Waals surface area contributed by atoms with Crippen molar-refractivity contribution in [2.75, 3.05) is 0 Å². The van der Waals surface area contributed by atoms with E-state index in [1.165, 1.54) is 0 Å². The van der Waals surface area contributed by atoms with Crippen molar-refractivity contribution in [3.63, 3.8) is 0 Å². The Morgan fingerprint density at radius 2 is 1.43 bits per heavy atom. The number of hydrogen-bond acceptors (Lipinski definition) is 8. The molecule has 130 valence electrons. The SMILES string of the molecule is CC(C)(C)[Si](C)(C)OOC1[C@H]2OC3OC4[C@H]2OC(=O)O[C@@H]4[C@H]1O3. The van der Waals surface area contributed by atoms with Crippen LogP contribution < -0.4 is 0 Å². The topological polar surface area (TPSA) is 81.7 Å². The predicted molar refractivity (Wildman–Crippen MR) is 76.7 cm³/mol. The van der Waals surface area contributed by atoms with Gasteiger partial charge in [-0.15, -0.1) is 0 Å². The van der Waals surface area contributed by atoms with Gasteiger partial charge in [0.25, 0.3) is 6.48 Å². The Morgan fingerprint density at radius 1 is 0.913 bits per heavy atom. The highest BCUT2D eigenvalue weighted by Crippen LogP contribution is 2.46. The van der Waals surface area contributed by atoms with E-state index in [1.54, 1.807) is 0 Å². The van der Waals surface area contributed by atoms with Crippen molar-refractivity contribution >= 4 is 14.5 Å². The fraction of sp³-hybridized carbons (Fsp3) is 0.929. The summed E-state index contributed by atoms with van der Waals surface area (Å²) >= 11 is 0. The standard InChI is InChI=1S/C14H22O8Si/c1-14(2,3)23(4,5)22-21-11-9-6-8-7(17-12(15)16-6)10(11)20-13(18-8)19-9/h6-11,13H,1-5H3/t6-,7+,8?,9+,10-,11?,13?. The summed E-state index contributed by atoms with van der Waals surface area (Å²) in [6, 6.07) is 0. The van der Waals surface area contributed by atoms with Crippen LogP contribution in [0.5, 0.6) is 0 Å². The summed E-state index contributed by atoms with van der Waals surface area (Å²) in [5.74, 6) is 0. The Balaban J connectivity index is 1.53. The maximum atomic E-state index is 11.5. The summed E-state index contributed by atoms with van der Waals surface area (Å²) in [5.41, 5.74) is 0. The Morgan fingerprint density at radius 3 is 1.96 bits per heavy atom. The van der Waals surface area contributed by atoms with Gasteiger partial charge in [0, 0.05) is 0 Å².